The van der Waals surface area contributed by atoms with E-state index in [1.807, 2.05) is 47.5 Å². The number of fused-ring (bicyclic) bond motifs is 1. The van der Waals surface area contributed by atoms with E-state index in [0.717, 1.165) is 10.9 Å². The maximum Gasteiger partial charge on any atom is 0.256 e. The van der Waals surface area contributed by atoms with Crippen molar-refractivity contribution in [1.29, 1.82) is 0 Å². The predicted molar refractivity (Wildman–Crippen MR) is 87.4 cm³/mol. The van der Waals surface area contributed by atoms with Crippen LogP contribution in [0, 0.1) is 0 Å². The zero-order valence-corrected chi connectivity index (χ0v) is 12.6. The Kier molecular flexibility index (Phi) is 3.66. The number of anilines is 1. The number of H-pyrrole nitrogens is 1. The Morgan fingerprint density at radius 1 is 1.38 bits per heavy atom. The van der Waals surface area contributed by atoms with Crippen molar-refractivity contribution in [3.8, 4) is 0 Å². The van der Waals surface area contributed by atoms with E-state index in [2.05, 4.69) is 4.98 Å². The molecular weight excluding hydrogens is 282 g/mol. The highest BCUT2D eigenvalue weighted by molar-refractivity contribution is 7.09. The number of carbonyl (C=O) groups is 1. The molecular formula is C16H17N3OS. The second-order valence-corrected chi connectivity index (χ2v) is 5.94. The highest BCUT2D eigenvalue weighted by atomic mass is 32.1. The molecule has 0 unspecified atom stereocenters. The summed E-state index contributed by atoms with van der Waals surface area (Å²) in [4.78, 5) is 18.9. The first kappa shape index (κ1) is 13.7. The highest BCUT2D eigenvalue weighted by Crippen LogP contribution is 2.23. The van der Waals surface area contributed by atoms with Gasteiger partial charge >= 0.3 is 0 Å². The first-order valence-electron chi connectivity index (χ1n) is 6.87. The van der Waals surface area contributed by atoms with E-state index in [1.165, 1.54) is 4.88 Å². The summed E-state index contributed by atoms with van der Waals surface area (Å²) in [6.07, 6.45) is 1.77. The van der Waals surface area contributed by atoms with Crippen LogP contribution in [0.15, 0.2) is 41.9 Å². The molecule has 1 aromatic carbocycles. The molecule has 0 spiro atoms. The van der Waals surface area contributed by atoms with Crippen molar-refractivity contribution < 1.29 is 4.79 Å². The minimum absolute atomic E-state index is 0.0303. The third-order valence-electron chi connectivity index (χ3n) is 3.53. The van der Waals surface area contributed by atoms with Gasteiger partial charge in [-0.25, -0.2) is 0 Å². The summed E-state index contributed by atoms with van der Waals surface area (Å²) >= 11 is 1.67. The van der Waals surface area contributed by atoms with Crippen LogP contribution < -0.4 is 5.73 Å². The van der Waals surface area contributed by atoms with Crippen molar-refractivity contribution in [3.63, 3.8) is 0 Å². The van der Waals surface area contributed by atoms with Crippen LogP contribution >= 0.6 is 11.3 Å². The van der Waals surface area contributed by atoms with E-state index in [9.17, 15) is 4.79 Å². The molecule has 3 rings (SSSR count). The van der Waals surface area contributed by atoms with Gasteiger partial charge in [0.25, 0.3) is 5.91 Å². The Hall–Kier alpha value is -2.27. The summed E-state index contributed by atoms with van der Waals surface area (Å²) in [6.45, 7) is 3.31. The summed E-state index contributed by atoms with van der Waals surface area (Å²) in [5.41, 5.74) is 8.10. The SMILES string of the molecule is CCN(Cc1cccs1)C(=O)c1c[nH]c2ccc(N)cc12. The van der Waals surface area contributed by atoms with Crippen molar-refractivity contribution in [1.82, 2.24) is 9.88 Å². The van der Waals surface area contributed by atoms with Gasteiger partial charge in [0, 0.05) is 34.2 Å². The lowest BCUT2D eigenvalue weighted by Crippen LogP contribution is -2.29. The van der Waals surface area contributed by atoms with Gasteiger partial charge in [-0.15, -0.1) is 11.3 Å². The number of benzene rings is 1. The zero-order chi connectivity index (χ0) is 14.8. The Balaban J connectivity index is 1.93. The van der Waals surface area contributed by atoms with Crippen molar-refractivity contribution in [2.24, 2.45) is 0 Å². The standard InChI is InChI=1S/C16H17N3OS/c1-2-19(10-12-4-3-7-21-12)16(20)14-9-18-15-6-5-11(17)8-13(14)15/h3-9,18H,2,10,17H2,1H3. The molecule has 108 valence electrons. The van der Waals surface area contributed by atoms with Crippen LogP contribution in [0.1, 0.15) is 22.2 Å². The number of amides is 1. The fraction of sp³-hybridized carbons (Fsp3) is 0.188. The van der Waals surface area contributed by atoms with E-state index in [4.69, 9.17) is 5.73 Å². The van der Waals surface area contributed by atoms with E-state index in [1.54, 1.807) is 17.5 Å². The number of nitrogens with zero attached hydrogens (tertiary/aromatic N) is 1. The molecule has 5 heteroatoms. The Morgan fingerprint density at radius 3 is 2.95 bits per heavy atom. The molecule has 1 amide bonds. The van der Waals surface area contributed by atoms with E-state index >= 15 is 0 Å². The molecule has 2 aromatic heterocycles. The lowest BCUT2D eigenvalue weighted by atomic mass is 10.1. The third kappa shape index (κ3) is 2.64. The van der Waals surface area contributed by atoms with Crippen LogP contribution in [0.25, 0.3) is 10.9 Å². The summed E-state index contributed by atoms with van der Waals surface area (Å²) < 4.78 is 0. The molecule has 0 bridgehead atoms. The summed E-state index contributed by atoms with van der Waals surface area (Å²) in [6, 6.07) is 9.63. The summed E-state index contributed by atoms with van der Waals surface area (Å²) in [7, 11) is 0. The van der Waals surface area contributed by atoms with Crippen molar-refractivity contribution in [3.05, 3.63) is 52.3 Å². The molecule has 0 aliphatic heterocycles. The Labute approximate surface area is 127 Å². The van der Waals surface area contributed by atoms with Crippen molar-refractivity contribution >= 4 is 33.8 Å². The third-order valence-corrected chi connectivity index (χ3v) is 4.39. The molecule has 3 N–H and O–H groups in total. The van der Waals surface area contributed by atoms with Gasteiger partial charge in [0.1, 0.15) is 0 Å². The van der Waals surface area contributed by atoms with Crippen molar-refractivity contribution in [2.75, 3.05) is 12.3 Å². The predicted octanol–water partition coefficient (Wildman–Crippen LogP) is 3.47. The van der Waals surface area contributed by atoms with Crippen molar-refractivity contribution in [2.45, 2.75) is 13.5 Å². The van der Waals surface area contributed by atoms with Gasteiger partial charge < -0.3 is 15.6 Å². The number of carbonyl (C=O) groups excluding carboxylic acids is 1. The second kappa shape index (κ2) is 5.61. The molecule has 0 aliphatic rings. The van der Waals surface area contributed by atoms with Crippen LogP contribution in [0.2, 0.25) is 0 Å². The number of nitrogens with one attached hydrogen (secondary N) is 1. The lowest BCUT2D eigenvalue weighted by Gasteiger charge is -2.19. The van der Waals surface area contributed by atoms with Crippen LogP contribution in [0.5, 0.6) is 0 Å². The van der Waals surface area contributed by atoms with Gasteiger partial charge in [0.2, 0.25) is 0 Å². The van der Waals surface area contributed by atoms with Crippen LogP contribution in [-0.4, -0.2) is 22.3 Å². The van der Waals surface area contributed by atoms with Gasteiger partial charge in [0.05, 0.1) is 12.1 Å². The normalized spacial score (nSPS) is 10.9. The van der Waals surface area contributed by atoms with Crippen LogP contribution in [-0.2, 0) is 6.54 Å². The van der Waals surface area contributed by atoms with Gasteiger partial charge in [-0.1, -0.05) is 6.07 Å². The number of nitrogen functional groups attached to an aromatic ring is 1. The topological polar surface area (TPSA) is 62.1 Å². The minimum atomic E-state index is 0.0303. The number of aromatic nitrogens is 1. The van der Waals surface area contributed by atoms with Crippen LogP contribution in [0.3, 0.4) is 0 Å². The molecule has 0 aliphatic carbocycles. The maximum atomic E-state index is 12.8. The molecule has 3 aromatic rings. The highest BCUT2D eigenvalue weighted by Gasteiger charge is 2.18. The molecule has 0 saturated heterocycles. The van der Waals surface area contributed by atoms with Gasteiger partial charge in [-0.05, 0) is 36.6 Å². The molecule has 0 radical (unpaired) electrons. The summed E-state index contributed by atoms with van der Waals surface area (Å²) in [5.74, 6) is 0.0303. The second-order valence-electron chi connectivity index (χ2n) is 4.91. The quantitative estimate of drug-likeness (QED) is 0.725. The number of hydrogen-bond donors (Lipinski definition) is 2. The smallest absolute Gasteiger partial charge is 0.256 e. The molecule has 4 nitrogen and oxygen atoms in total. The van der Waals surface area contributed by atoms with E-state index in [-0.39, 0.29) is 5.91 Å². The molecule has 2 heterocycles. The Morgan fingerprint density at radius 2 is 2.24 bits per heavy atom. The van der Waals surface area contributed by atoms with Crippen LogP contribution in [0.4, 0.5) is 5.69 Å². The van der Waals surface area contributed by atoms with Gasteiger partial charge in [-0.2, -0.15) is 0 Å². The fourth-order valence-electron chi connectivity index (χ4n) is 2.40. The molecule has 0 fully saturated rings. The number of thiophene rings is 1. The van der Waals surface area contributed by atoms with Gasteiger partial charge in [0.15, 0.2) is 0 Å². The average Bonchev–Trinajstić information content (AvgIpc) is 3.13. The van der Waals surface area contributed by atoms with E-state index < -0.39 is 0 Å². The number of aromatic amines is 1. The largest absolute Gasteiger partial charge is 0.399 e. The number of nitrogens with two attached hydrogens (primary N) is 1. The maximum absolute atomic E-state index is 12.8. The summed E-state index contributed by atoms with van der Waals surface area (Å²) in [5, 5.41) is 2.91. The Bertz CT molecular complexity index is 761. The van der Waals surface area contributed by atoms with E-state index in [0.29, 0.717) is 24.3 Å². The molecule has 0 saturated carbocycles. The fourth-order valence-corrected chi connectivity index (χ4v) is 3.12. The zero-order valence-electron chi connectivity index (χ0n) is 11.8. The average molecular weight is 299 g/mol. The first-order valence-corrected chi connectivity index (χ1v) is 7.75. The minimum Gasteiger partial charge on any atom is -0.399 e. The monoisotopic (exact) mass is 299 g/mol. The molecule has 0 atom stereocenters. The molecule has 21 heavy (non-hydrogen) atoms. The lowest BCUT2D eigenvalue weighted by molar-refractivity contribution is 0.0756. The first-order chi connectivity index (χ1) is 10.2. The number of hydrogen-bond acceptors (Lipinski definition) is 3. The number of rotatable bonds is 4. The van der Waals surface area contributed by atoms with Gasteiger partial charge in [-0.3, -0.25) is 4.79 Å².